The van der Waals surface area contributed by atoms with E-state index in [1.807, 2.05) is 6.92 Å². The van der Waals surface area contributed by atoms with Crippen LogP contribution in [0.2, 0.25) is 0 Å². The first-order chi connectivity index (χ1) is 7.73. The molecule has 0 saturated heterocycles. The molecule has 3 N–H and O–H groups in total. The molecule has 0 aromatic heterocycles. The number of hydrogen-bond donors (Lipinski definition) is 3. The van der Waals surface area contributed by atoms with Gasteiger partial charge in [0.15, 0.2) is 0 Å². The fourth-order valence-electron chi connectivity index (χ4n) is 1.47. The maximum Gasteiger partial charge on any atom is 0.329 e. The highest BCUT2D eigenvalue weighted by molar-refractivity contribution is 5.91. The Morgan fingerprint density at radius 1 is 1.35 bits per heavy atom. The molecule has 6 heteroatoms. The summed E-state index contributed by atoms with van der Waals surface area (Å²) in [4.78, 5) is 33.6. The van der Waals surface area contributed by atoms with Gasteiger partial charge in [0.25, 0.3) is 0 Å². The van der Waals surface area contributed by atoms with Crippen molar-refractivity contribution in [2.24, 2.45) is 0 Å². The number of nitrogens with one attached hydrogen (secondary N) is 2. The summed E-state index contributed by atoms with van der Waals surface area (Å²) in [7, 11) is 0. The molecular formula is C11H20N2O4. The topological polar surface area (TPSA) is 95.5 Å². The third kappa shape index (κ3) is 4.84. The molecule has 2 atom stereocenters. The van der Waals surface area contributed by atoms with E-state index in [9.17, 15) is 14.4 Å². The van der Waals surface area contributed by atoms with Crippen LogP contribution >= 0.6 is 0 Å². The van der Waals surface area contributed by atoms with Crippen LogP contribution in [0.5, 0.6) is 0 Å². The number of carboxylic acids is 1. The molecule has 0 radical (unpaired) electrons. The molecule has 0 heterocycles. The van der Waals surface area contributed by atoms with Crippen molar-refractivity contribution in [3.63, 3.8) is 0 Å². The molecule has 6 nitrogen and oxygen atoms in total. The predicted molar refractivity (Wildman–Crippen MR) is 62.4 cm³/mol. The molecule has 98 valence electrons. The zero-order chi connectivity index (χ0) is 13.6. The molecule has 2 unspecified atom stereocenters. The smallest absolute Gasteiger partial charge is 0.329 e. The van der Waals surface area contributed by atoms with Crippen molar-refractivity contribution in [3.05, 3.63) is 0 Å². The first kappa shape index (κ1) is 15.4. The van der Waals surface area contributed by atoms with Gasteiger partial charge in [-0.1, -0.05) is 13.3 Å². The highest BCUT2D eigenvalue weighted by atomic mass is 16.4. The summed E-state index contributed by atoms with van der Waals surface area (Å²) in [6.07, 6.45) is 0.971. The molecule has 0 saturated carbocycles. The normalized spacial score (nSPS) is 15.5. The molecule has 0 spiro atoms. The van der Waals surface area contributed by atoms with E-state index in [-0.39, 0.29) is 5.91 Å². The summed E-state index contributed by atoms with van der Waals surface area (Å²) in [6, 6.07) is -0.747. The molecule has 0 rings (SSSR count). The highest BCUT2D eigenvalue weighted by Crippen LogP contribution is 2.12. The van der Waals surface area contributed by atoms with Crippen LogP contribution in [0.25, 0.3) is 0 Å². The minimum absolute atomic E-state index is 0.333. The monoisotopic (exact) mass is 244 g/mol. The Morgan fingerprint density at radius 3 is 2.24 bits per heavy atom. The first-order valence-electron chi connectivity index (χ1n) is 5.55. The zero-order valence-electron chi connectivity index (χ0n) is 10.7. The maximum atomic E-state index is 11.7. The van der Waals surface area contributed by atoms with Crippen LogP contribution in [0, 0.1) is 0 Å². The van der Waals surface area contributed by atoms with E-state index in [1.165, 1.54) is 20.8 Å². The standard InChI is InChI=1S/C11H20N2O4/c1-5-6-11(4,10(16)17)13-9(15)7(2)12-8(3)14/h7H,5-6H2,1-4H3,(H,12,14)(H,13,15)(H,16,17). The molecule has 0 fully saturated rings. The molecule has 0 bridgehead atoms. The minimum Gasteiger partial charge on any atom is -0.480 e. The van der Waals surface area contributed by atoms with Crippen LogP contribution in [0.15, 0.2) is 0 Å². The SMILES string of the molecule is CCCC(C)(NC(=O)C(C)NC(C)=O)C(=O)O. The van der Waals surface area contributed by atoms with Crippen molar-refractivity contribution in [1.82, 2.24) is 10.6 Å². The lowest BCUT2D eigenvalue weighted by molar-refractivity contribution is -0.147. The third-order valence-electron chi connectivity index (χ3n) is 2.43. The van der Waals surface area contributed by atoms with E-state index >= 15 is 0 Å². The molecule has 0 aliphatic heterocycles. The van der Waals surface area contributed by atoms with E-state index in [4.69, 9.17) is 5.11 Å². The van der Waals surface area contributed by atoms with Gasteiger partial charge in [-0.25, -0.2) is 4.79 Å². The van der Waals surface area contributed by atoms with Crippen LogP contribution in [0.1, 0.15) is 40.5 Å². The van der Waals surface area contributed by atoms with E-state index in [1.54, 1.807) is 0 Å². The van der Waals surface area contributed by atoms with Gasteiger partial charge in [0, 0.05) is 6.92 Å². The number of rotatable bonds is 6. The lowest BCUT2D eigenvalue weighted by Crippen LogP contribution is -2.57. The number of carbonyl (C=O) groups excluding carboxylic acids is 2. The molecule has 0 aromatic carbocycles. The van der Waals surface area contributed by atoms with Gasteiger partial charge in [-0.2, -0.15) is 0 Å². The van der Waals surface area contributed by atoms with Crippen LogP contribution in [0.3, 0.4) is 0 Å². The Bertz CT molecular complexity index is 317. The van der Waals surface area contributed by atoms with Crippen molar-refractivity contribution < 1.29 is 19.5 Å². The van der Waals surface area contributed by atoms with E-state index < -0.39 is 23.5 Å². The largest absolute Gasteiger partial charge is 0.480 e. The number of amides is 2. The van der Waals surface area contributed by atoms with Crippen molar-refractivity contribution in [1.29, 1.82) is 0 Å². The van der Waals surface area contributed by atoms with Gasteiger partial charge in [-0.05, 0) is 20.3 Å². The van der Waals surface area contributed by atoms with E-state index in [0.717, 1.165) is 0 Å². The molecule has 0 aromatic rings. The lowest BCUT2D eigenvalue weighted by atomic mass is 9.96. The van der Waals surface area contributed by atoms with Crippen LogP contribution in [0.4, 0.5) is 0 Å². The second-order valence-corrected chi connectivity index (χ2v) is 4.30. The lowest BCUT2D eigenvalue weighted by Gasteiger charge is -2.27. The second kappa shape index (κ2) is 6.22. The van der Waals surface area contributed by atoms with Crippen LogP contribution in [-0.2, 0) is 14.4 Å². The average Bonchev–Trinajstić information content (AvgIpc) is 2.16. The predicted octanol–water partition coefficient (Wildman–Crippen LogP) is 0.271. The Balaban J connectivity index is 4.61. The minimum atomic E-state index is -1.29. The third-order valence-corrected chi connectivity index (χ3v) is 2.43. The fraction of sp³-hybridized carbons (Fsp3) is 0.727. The van der Waals surface area contributed by atoms with E-state index in [2.05, 4.69) is 10.6 Å². The average molecular weight is 244 g/mol. The number of hydrogen-bond acceptors (Lipinski definition) is 3. The van der Waals surface area contributed by atoms with Gasteiger partial charge in [-0.15, -0.1) is 0 Å². The Labute approximate surface area is 101 Å². The molecular weight excluding hydrogens is 224 g/mol. The van der Waals surface area contributed by atoms with Gasteiger partial charge in [0.2, 0.25) is 11.8 Å². The first-order valence-corrected chi connectivity index (χ1v) is 5.55. The summed E-state index contributed by atoms with van der Waals surface area (Å²) < 4.78 is 0. The summed E-state index contributed by atoms with van der Waals surface area (Å²) in [5.74, 6) is -1.92. The van der Waals surface area contributed by atoms with Gasteiger partial charge in [0.1, 0.15) is 11.6 Å². The van der Waals surface area contributed by atoms with Crippen molar-refractivity contribution in [2.75, 3.05) is 0 Å². The molecule has 0 aliphatic rings. The van der Waals surface area contributed by atoms with Gasteiger partial charge in [0.05, 0.1) is 0 Å². The summed E-state index contributed by atoms with van der Waals surface area (Å²) in [5.41, 5.74) is -1.29. The Morgan fingerprint density at radius 2 is 1.88 bits per heavy atom. The molecule has 0 aliphatic carbocycles. The number of carboxylic acid groups (broad SMARTS) is 1. The van der Waals surface area contributed by atoms with E-state index in [0.29, 0.717) is 12.8 Å². The quantitative estimate of drug-likeness (QED) is 0.625. The van der Waals surface area contributed by atoms with Gasteiger partial charge < -0.3 is 15.7 Å². The van der Waals surface area contributed by atoms with Crippen LogP contribution < -0.4 is 10.6 Å². The summed E-state index contributed by atoms with van der Waals surface area (Å²) in [5, 5.41) is 13.9. The Hall–Kier alpha value is -1.59. The van der Waals surface area contributed by atoms with Crippen molar-refractivity contribution in [3.8, 4) is 0 Å². The maximum absolute atomic E-state index is 11.7. The summed E-state index contributed by atoms with van der Waals surface area (Å²) in [6.45, 7) is 6.10. The highest BCUT2D eigenvalue weighted by Gasteiger charge is 2.34. The second-order valence-electron chi connectivity index (χ2n) is 4.30. The van der Waals surface area contributed by atoms with Crippen molar-refractivity contribution in [2.45, 2.75) is 52.1 Å². The van der Waals surface area contributed by atoms with Gasteiger partial charge >= 0.3 is 5.97 Å². The van der Waals surface area contributed by atoms with Crippen molar-refractivity contribution >= 4 is 17.8 Å². The number of carbonyl (C=O) groups is 3. The van der Waals surface area contributed by atoms with Crippen LogP contribution in [-0.4, -0.2) is 34.5 Å². The summed E-state index contributed by atoms with van der Waals surface area (Å²) >= 11 is 0. The number of aliphatic carboxylic acids is 1. The fourth-order valence-corrected chi connectivity index (χ4v) is 1.47. The zero-order valence-corrected chi connectivity index (χ0v) is 10.7. The molecule has 17 heavy (non-hydrogen) atoms. The van der Waals surface area contributed by atoms with Gasteiger partial charge in [-0.3, -0.25) is 9.59 Å². The Kier molecular flexibility index (Phi) is 5.64. The molecule has 2 amide bonds.